The fourth-order valence-electron chi connectivity index (χ4n) is 3.81. The molecule has 3 rings (SSSR count). The molecule has 2 aromatic rings. The molecule has 0 radical (unpaired) electrons. The van der Waals surface area contributed by atoms with Gasteiger partial charge in [-0.05, 0) is 51.2 Å². The Bertz CT molecular complexity index is 776. The smallest absolute Gasteiger partial charge is 0.253 e. The highest BCUT2D eigenvalue weighted by atomic mass is 16.5. The molecule has 1 amide bonds. The maximum absolute atomic E-state index is 12.9. The summed E-state index contributed by atoms with van der Waals surface area (Å²) < 4.78 is 7.25. The van der Waals surface area contributed by atoms with Gasteiger partial charge in [-0.1, -0.05) is 6.07 Å². The number of carbonyl (C=O) groups excluding carboxylic acids is 1. The first-order chi connectivity index (χ1) is 12.4. The number of nitrogens with zero attached hydrogens (tertiary/aromatic N) is 2. The minimum Gasteiger partial charge on any atom is -0.481 e. The topological polar surface area (TPSA) is 76.4 Å². The van der Waals surface area contributed by atoms with Gasteiger partial charge < -0.3 is 19.7 Å². The Balaban J connectivity index is 1.84. The van der Waals surface area contributed by atoms with Gasteiger partial charge in [0.15, 0.2) is 0 Å². The SMILES string of the molecule is CCn1c(C)cc(C(=O)N[C@H](c2ccc(OC)nc2)C2CC(O)C2)c1C. The zero-order valence-corrected chi connectivity index (χ0v) is 15.8. The van der Waals surface area contributed by atoms with Crippen molar-refractivity contribution >= 4 is 5.91 Å². The number of aromatic nitrogens is 2. The minimum atomic E-state index is -0.282. The van der Waals surface area contributed by atoms with E-state index in [0.29, 0.717) is 24.3 Å². The van der Waals surface area contributed by atoms with Crippen molar-refractivity contribution in [3.63, 3.8) is 0 Å². The molecule has 1 aliphatic carbocycles. The molecule has 0 aromatic carbocycles. The van der Waals surface area contributed by atoms with Crippen LogP contribution in [0.1, 0.15) is 53.1 Å². The normalized spacial score (nSPS) is 20.3. The van der Waals surface area contributed by atoms with E-state index >= 15 is 0 Å². The molecule has 26 heavy (non-hydrogen) atoms. The van der Waals surface area contributed by atoms with Gasteiger partial charge in [0.05, 0.1) is 24.8 Å². The number of rotatable bonds is 6. The molecule has 0 spiro atoms. The van der Waals surface area contributed by atoms with Crippen molar-refractivity contribution in [2.75, 3.05) is 7.11 Å². The van der Waals surface area contributed by atoms with Gasteiger partial charge >= 0.3 is 0 Å². The van der Waals surface area contributed by atoms with Gasteiger partial charge in [0.2, 0.25) is 5.88 Å². The fraction of sp³-hybridized carbons (Fsp3) is 0.500. The third-order valence-electron chi connectivity index (χ3n) is 5.37. The molecule has 1 fully saturated rings. The van der Waals surface area contributed by atoms with Crippen molar-refractivity contribution in [1.82, 2.24) is 14.9 Å². The lowest BCUT2D eigenvalue weighted by Gasteiger charge is -2.38. The highest BCUT2D eigenvalue weighted by Crippen LogP contribution is 2.38. The zero-order valence-electron chi connectivity index (χ0n) is 15.8. The molecule has 0 unspecified atom stereocenters. The summed E-state index contributed by atoms with van der Waals surface area (Å²) >= 11 is 0. The standard InChI is InChI=1S/C20H27N3O3/c1-5-23-12(2)8-17(13(23)3)20(25)22-19(15-9-16(24)10-15)14-6-7-18(26-4)21-11-14/h6-8,11,15-16,19,24H,5,9-10H2,1-4H3,(H,22,25)/t15?,16?,19-/m1/s1. The largest absolute Gasteiger partial charge is 0.481 e. The van der Waals surface area contributed by atoms with Crippen LogP contribution in [0.2, 0.25) is 0 Å². The molecule has 1 aliphatic rings. The number of ether oxygens (including phenoxy) is 1. The van der Waals surface area contributed by atoms with Crippen molar-refractivity contribution in [2.45, 2.75) is 52.3 Å². The zero-order chi connectivity index (χ0) is 18.8. The van der Waals surface area contributed by atoms with Gasteiger partial charge in [-0.25, -0.2) is 4.98 Å². The summed E-state index contributed by atoms with van der Waals surface area (Å²) in [5.74, 6) is 0.665. The number of hydrogen-bond donors (Lipinski definition) is 2. The Labute approximate surface area is 154 Å². The van der Waals surface area contributed by atoms with Gasteiger partial charge in [0, 0.05) is 30.2 Å². The maximum Gasteiger partial charge on any atom is 0.253 e. The number of aliphatic hydroxyl groups is 1. The number of carbonyl (C=O) groups is 1. The summed E-state index contributed by atoms with van der Waals surface area (Å²) in [7, 11) is 1.58. The van der Waals surface area contributed by atoms with Crippen LogP contribution in [0.4, 0.5) is 0 Å². The third-order valence-corrected chi connectivity index (χ3v) is 5.37. The lowest BCUT2D eigenvalue weighted by Crippen LogP contribution is -2.41. The second-order valence-electron chi connectivity index (χ2n) is 7.00. The van der Waals surface area contributed by atoms with E-state index in [1.54, 1.807) is 19.4 Å². The number of aliphatic hydroxyl groups excluding tert-OH is 1. The number of pyridine rings is 1. The van der Waals surface area contributed by atoms with Crippen LogP contribution < -0.4 is 10.1 Å². The van der Waals surface area contributed by atoms with Crippen molar-refractivity contribution in [1.29, 1.82) is 0 Å². The van der Waals surface area contributed by atoms with Gasteiger partial charge in [-0.2, -0.15) is 0 Å². The van der Waals surface area contributed by atoms with Gasteiger partial charge in [0.25, 0.3) is 5.91 Å². The second-order valence-corrected chi connectivity index (χ2v) is 7.00. The Morgan fingerprint density at radius 2 is 2.15 bits per heavy atom. The summed E-state index contributed by atoms with van der Waals surface area (Å²) in [4.78, 5) is 17.2. The monoisotopic (exact) mass is 357 g/mol. The molecule has 6 nitrogen and oxygen atoms in total. The molecule has 1 atom stereocenters. The average molecular weight is 357 g/mol. The van der Waals surface area contributed by atoms with Crippen LogP contribution in [-0.2, 0) is 6.54 Å². The van der Waals surface area contributed by atoms with Gasteiger partial charge in [-0.3, -0.25) is 4.79 Å². The number of hydrogen-bond acceptors (Lipinski definition) is 4. The van der Waals surface area contributed by atoms with Crippen LogP contribution >= 0.6 is 0 Å². The summed E-state index contributed by atoms with van der Waals surface area (Å²) in [6, 6.07) is 5.49. The molecule has 1 saturated carbocycles. The number of nitrogens with one attached hydrogen (secondary N) is 1. The quantitative estimate of drug-likeness (QED) is 0.833. The maximum atomic E-state index is 12.9. The second kappa shape index (κ2) is 7.50. The molecule has 2 aromatic heterocycles. The first-order valence-electron chi connectivity index (χ1n) is 9.10. The number of amides is 1. The van der Waals surface area contributed by atoms with Crippen LogP contribution in [0.5, 0.6) is 5.88 Å². The number of methoxy groups -OCH3 is 1. The summed E-state index contributed by atoms with van der Waals surface area (Å²) in [5, 5.41) is 12.9. The Morgan fingerprint density at radius 3 is 2.65 bits per heavy atom. The molecule has 0 aliphatic heterocycles. The van der Waals surface area contributed by atoms with E-state index in [1.165, 1.54) is 0 Å². The van der Waals surface area contributed by atoms with Crippen LogP contribution in [0.15, 0.2) is 24.4 Å². The fourth-order valence-corrected chi connectivity index (χ4v) is 3.81. The van der Waals surface area contributed by atoms with E-state index in [0.717, 1.165) is 23.5 Å². The molecule has 6 heteroatoms. The summed E-state index contributed by atoms with van der Waals surface area (Å²) in [5.41, 5.74) is 3.69. The first-order valence-corrected chi connectivity index (χ1v) is 9.10. The lowest BCUT2D eigenvalue weighted by atomic mass is 9.75. The predicted molar refractivity (Wildman–Crippen MR) is 99.3 cm³/mol. The van der Waals surface area contributed by atoms with E-state index < -0.39 is 0 Å². The lowest BCUT2D eigenvalue weighted by molar-refractivity contribution is 0.0234. The Morgan fingerprint density at radius 1 is 1.42 bits per heavy atom. The van der Waals surface area contributed by atoms with Crippen LogP contribution in [0.25, 0.3) is 0 Å². The molecule has 0 saturated heterocycles. The van der Waals surface area contributed by atoms with Crippen molar-refractivity contribution in [3.8, 4) is 5.88 Å². The number of aryl methyl sites for hydroxylation is 1. The van der Waals surface area contributed by atoms with E-state index in [4.69, 9.17) is 4.74 Å². The summed E-state index contributed by atoms with van der Waals surface area (Å²) in [6.45, 7) is 6.90. The third kappa shape index (κ3) is 3.46. The summed E-state index contributed by atoms with van der Waals surface area (Å²) in [6.07, 6.45) is 2.83. The van der Waals surface area contributed by atoms with Gasteiger partial charge in [0.1, 0.15) is 0 Å². The van der Waals surface area contributed by atoms with Crippen molar-refractivity contribution in [3.05, 3.63) is 46.9 Å². The van der Waals surface area contributed by atoms with E-state index in [2.05, 4.69) is 21.8 Å². The highest BCUT2D eigenvalue weighted by molar-refractivity contribution is 5.96. The van der Waals surface area contributed by atoms with Gasteiger partial charge in [-0.15, -0.1) is 0 Å². The molecule has 2 N–H and O–H groups in total. The van der Waals surface area contributed by atoms with E-state index in [1.807, 2.05) is 26.0 Å². The minimum absolute atomic E-state index is 0.0833. The molecular weight excluding hydrogens is 330 g/mol. The van der Waals surface area contributed by atoms with E-state index in [9.17, 15) is 9.90 Å². The first kappa shape index (κ1) is 18.5. The predicted octanol–water partition coefficient (Wildman–Crippen LogP) is 2.77. The Kier molecular flexibility index (Phi) is 5.32. The van der Waals surface area contributed by atoms with Crippen molar-refractivity contribution in [2.24, 2.45) is 5.92 Å². The molecule has 0 bridgehead atoms. The van der Waals surface area contributed by atoms with Crippen molar-refractivity contribution < 1.29 is 14.6 Å². The highest BCUT2D eigenvalue weighted by Gasteiger charge is 2.36. The molecule has 2 heterocycles. The van der Waals surface area contributed by atoms with E-state index in [-0.39, 0.29) is 24.0 Å². The molecule has 140 valence electrons. The average Bonchev–Trinajstić information content (AvgIpc) is 2.91. The van der Waals surface area contributed by atoms with Crippen LogP contribution in [0, 0.1) is 19.8 Å². The van der Waals surface area contributed by atoms with Crippen LogP contribution in [-0.4, -0.2) is 33.8 Å². The molecular formula is C20H27N3O3. The Hall–Kier alpha value is -2.34. The van der Waals surface area contributed by atoms with Crippen LogP contribution in [0.3, 0.4) is 0 Å².